The zero-order valence-electron chi connectivity index (χ0n) is 20.6. The first-order chi connectivity index (χ1) is 16.1. The van der Waals surface area contributed by atoms with Gasteiger partial charge >= 0.3 is 0 Å². The Kier molecular flexibility index (Phi) is 7.61. The lowest BCUT2D eigenvalue weighted by Crippen LogP contribution is -2.17. The fourth-order valence-corrected chi connectivity index (χ4v) is 4.84. The lowest BCUT2D eigenvalue weighted by molar-refractivity contribution is 0.444. The van der Waals surface area contributed by atoms with E-state index in [-0.39, 0.29) is 42.9 Å². The van der Waals surface area contributed by atoms with E-state index in [4.69, 9.17) is 23.2 Å². The van der Waals surface area contributed by atoms with Crippen LogP contribution >= 0.6 is 23.2 Å². The molecule has 0 radical (unpaired) electrons. The van der Waals surface area contributed by atoms with Crippen LogP contribution in [0.3, 0.4) is 0 Å². The Morgan fingerprint density at radius 2 is 1.49 bits per heavy atom. The first kappa shape index (κ1) is 27.1. The van der Waals surface area contributed by atoms with Gasteiger partial charge in [0.25, 0.3) is 10.0 Å². The number of hydrogen-bond donors (Lipinski definition) is 2. The Morgan fingerprint density at radius 1 is 0.886 bits per heavy atom. The lowest BCUT2D eigenvalue weighted by atomic mass is 9.79. The van der Waals surface area contributed by atoms with Crippen molar-refractivity contribution in [1.29, 1.82) is 0 Å². The number of phenols is 1. The second kappa shape index (κ2) is 9.84. The molecule has 0 aliphatic rings. The molecule has 5 nitrogen and oxygen atoms in total. The molecule has 0 amide bonds. The monoisotopic (exact) mass is 532 g/mol. The van der Waals surface area contributed by atoms with Crippen molar-refractivity contribution in [2.45, 2.75) is 57.3 Å². The molecular weight excluding hydrogens is 503 g/mol. The van der Waals surface area contributed by atoms with Gasteiger partial charge in [-0.3, -0.25) is 9.71 Å². The topological polar surface area (TPSA) is 78.8 Å². The van der Waals surface area contributed by atoms with E-state index in [9.17, 15) is 13.5 Å². The number of phenolic OH excluding ortho intramolecular Hbond substituents is 1. The van der Waals surface area contributed by atoms with Crippen LogP contribution in [0.5, 0.6) is 5.75 Å². The Morgan fingerprint density at radius 3 is 2.06 bits per heavy atom. The van der Waals surface area contributed by atoms with Gasteiger partial charge in [-0.2, -0.15) is 0 Å². The van der Waals surface area contributed by atoms with Crippen LogP contribution in [0.15, 0.2) is 64.5 Å². The maximum Gasteiger partial charge on any atom is 0.261 e. The van der Waals surface area contributed by atoms with Gasteiger partial charge in [0.1, 0.15) is 5.75 Å². The van der Waals surface area contributed by atoms with E-state index in [1.807, 2.05) is 32.9 Å². The van der Waals surface area contributed by atoms with Crippen LogP contribution in [0.4, 0.5) is 11.4 Å². The summed E-state index contributed by atoms with van der Waals surface area (Å²) >= 11 is 12.4. The van der Waals surface area contributed by atoms with Crippen LogP contribution in [0.25, 0.3) is 0 Å². The summed E-state index contributed by atoms with van der Waals surface area (Å²) in [7, 11) is -3.88. The van der Waals surface area contributed by atoms with E-state index < -0.39 is 10.0 Å². The van der Waals surface area contributed by atoms with Gasteiger partial charge < -0.3 is 5.11 Å². The molecule has 8 heteroatoms. The standard InChI is InChI=1S/C27H30Cl2N2O3S/c1-26(2,3)18-12-17(25(32)20(13-18)27(4,5)6)16-30-23-14-21(28)22(29)15-24(23)31-35(33,34)19-10-8-7-9-11-19/h7-16,31-32H,1-6H3. The minimum Gasteiger partial charge on any atom is -0.507 e. The fraction of sp³-hybridized carbons (Fsp3) is 0.296. The molecule has 0 atom stereocenters. The summed E-state index contributed by atoms with van der Waals surface area (Å²) < 4.78 is 28.4. The van der Waals surface area contributed by atoms with Gasteiger partial charge in [-0.25, -0.2) is 8.42 Å². The minimum atomic E-state index is -3.88. The maximum atomic E-state index is 12.9. The molecule has 35 heavy (non-hydrogen) atoms. The summed E-state index contributed by atoms with van der Waals surface area (Å²) in [5.74, 6) is 0.126. The molecule has 186 valence electrons. The molecular formula is C27H30Cl2N2O3S. The molecule has 0 spiro atoms. The number of aliphatic imine (C=N–C) groups is 1. The highest BCUT2D eigenvalue weighted by atomic mass is 35.5. The van der Waals surface area contributed by atoms with Crippen LogP contribution in [-0.4, -0.2) is 19.7 Å². The van der Waals surface area contributed by atoms with Crippen molar-refractivity contribution in [2.75, 3.05) is 4.72 Å². The molecule has 3 aromatic carbocycles. The smallest absolute Gasteiger partial charge is 0.261 e. The van der Waals surface area contributed by atoms with Crippen LogP contribution in [0.1, 0.15) is 58.2 Å². The number of nitrogens with one attached hydrogen (secondary N) is 1. The number of rotatable bonds is 5. The highest BCUT2D eigenvalue weighted by molar-refractivity contribution is 7.92. The average Bonchev–Trinajstić information content (AvgIpc) is 2.74. The quantitative estimate of drug-likeness (QED) is 0.328. The van der Waals surface area contributed by atoms with Crippen molar-refractivity contribution in [3.8, 4) is 5.75 Å². The molecule has 0 fully saturated rings. The predicted octanol–water partition coefficient (Wildman–Crippen LogP) is 7.85. The van der Waals surface area contributed by atoms with Crippen molar-refractivity contribution in [2.24, 2.45) is 4.99 Å². The number of sulfonamides is 1. The molecule has 0 saturated carbocycles. The molecule has 3 aromatic rings. The third kappa shape index (κ3) is 6.37. The van der Waals surface area contributed by atoms with E-state index in [0.29, 0.717) is 5.56 Å². The largest absolute Gasteiger partial charge is 0.507 e. The van der Waals surface area contributed by atoms with Crippen molar-refractivity contribution >= 4 is 50.8 Å². The van der Waals surface area contributed by atoms with E-state index in [1.54, 1.807) is 18.2 Å². The molecule has 2 N–H and O–H groups in total. The first-order valence-electron chi connectivity index (χ1n) is 11.1. The van der Waals surface area contributed by atoms with Crippen LogP contribution in [0, 0.1) is 0 Å². The molecule has 0 unspecified atom stereocenters. The van der Waals surface area contributed by atoms with Crippen molar-refractivity contribution < 1.29 is 13.5 Å². The van der Waals surface area contributed by atoms with Gasteiger partial charge in [0.05, 0.1) is 26.3 Å². The third-order valence-corrected chi connectivity index (χ3v) is 7.60. The van der Waals surface area contributed by atoms with E-state index in [2.05, 4.69) is 30.5 Å². The number of anilines is 1. The lowest BCUT2D eigenvalue weighted by Gasteiger charge is -2.27. The van der Waals surface area contributed by atoms with E-state index >= 15 is 0 Å². The molecule has 0 aromatic heterocycles. The van der Waals surface area contributed by atoms with Crippen LogP contribution < -0.4 is 4.72 Å². The zero-order chi connectivity index (χ0) is 26.2. The van der Waals surface area contributed by atoms with Gasteiger partial charge in [0, 0.05) is 17.3 Å². The highest BCUT2D eigenvalue weighted by Crippen LogP contribution is 2.39. The molecule has 0 bridgehead atoms. The highest BCUT2D eigenvalue weighted by Gasteiger charge is 2.25. The van der Waals surface area contributed by atoms with Crippen molar-refractivity contribution in [1.82, 2.24) is 0 Å². The van der Waals surface area contributed by atoms with E-state index in [0.717, 1.165) is 11.1 Å². The second-order valence-electron chi connectivity index (χ2n) is 10.4. The predicted molar refractivity (Wildman–Crippen MR) is 146 cm³/mol. The van der Waals surface area contributed by atoms with Gasteiger partial charge in [0.15, 0.2) is 0 Å². The number of nitrogens with zero attached hydrogens (tertiary/aromatic N) is 1. The minimum absolute atomic E-state index is 0.103. The normalized spacial score (nSPS) is 12.8. The number of halogens is 2. The average molecular weight is 534 g/mol. The van der Waals surface area contributed by atoms with Gasteiger partial charge in [-0.05, 0) is 46.7 Å². The Balaban J connectivity index is 2.12. The molecule has 0 saturated heterocycles. The third-order valence-electron chi connectivity index (χ3n) is 5.49. The fourth-order valence-electron chi connectivity index (χ4n) is 3.43. The molecule has 3 rings (SSSR count). The summed E-state index contributed by atoms with van der Waals surface area (Å²) in [5, 5.41) is 11.5. The maximum absolute atomic E-state index is 12.9. The molecule has 0 aliphatic carbocycles. The van der Waals surface area contributed by atoms with Gasteiger partial charge in [-0.15, -0.1) is 0 Å². The first-order valence-corrected chi connectivity index (χ1v) is 13.3. The van der Waals surface area contributed by atoms with E-state index in [1.165, 1.54) is 30.5 Å². The summed E-state index contributed by atoms with van der Waals surface area (Å²) in [6.45, 7) is 12.4. The summed E-state index contributed by atoms with van der Waals surface area (Å²) in [5.41, 5.74) is 2.33. The Labute approximate surface area is 217 Å². The summed E-state index contributed by atoms with van der Waals surface area (Å²) in [6, 6.07) is 14.8. The van der Waals surface area contributed by atoms with Gasteiger partial charge in [0.2, 0.25) is 0 Å². The SMILES string of the molecule is CC(C)(C)c1cc(C=Nc2cc(Cl)c(Cl)cc2NS(=O)(=O)c2ccccc2)c(O)c(C(C)(C)C)c1. The number of benzene rings is 3. The number of hydrogen-bond acceptors (Lipinski definition) is 4. The number of aromatic hydroxyl groups is 1. The second-order valence-corrected chi connectivity index (χ2v) is 12.9. The Hall–Kier alpha value is -2.54. The molecule has 0 heterocycles. The Bertz CT molecular complexity index is 1370. The van der Waals surface area contributed by atoms with Crippen molar-refractivity contribution in [3.63, 3.8) is 0 Å². The summed E-state index contributed by atoms with van der Waals surface area (Å²) in [4.78, 5) is 4.61. The van der Waals surface area contributed by atoms with Crippen molar-refractivity contribution in [3.05, 3.63) is 81.3 Å². The van der Waals surface area contributed by atoms with Crippen LogP contribution in [-0.2, 0) is 20.9 Å². The summed E-state index contributed by atoms with van der Waals surface area (Å²) in [6.07, 6.45) is 1.51. The zero-order valence-corrected chi connectivity index (χ0v) is 23.0. The van der Waals surface area contributed by atoms with Gasteiger partial charge in [-0.1, -0.05) is 89.0 Å². The molecule has 0 aliphatic heterocycles. The van der Waals surface area contributed by atoms with Crippen LogP contribution in [0.2, 0.25) is 10.0 Å².